The lowest BCUT2D eigenvalue weighted by Crippen LogP contribution is -2.39. The number of anilines is 1. The fourth-order valence-electron chi connectivity index (χ4n) is 4.29. The van der Waals surface area contributed by atoms with Crippen LogP contribution in [0.25, 0.3) is 0 Å². The van der Waals surface area contributed by atoms with E-state index in [-0.39, 0.29) is 19.8 Å². The molecule has 2 amide bonds. The Kier molecular flexibility index (Phi) is 21.1. The van der Waals surface area contributed by atoms with Crippen molar-refractivity contribution >= 4 is 19.5 Å². The Morgan fingerprint density at radius 1 is 0.854 bits per heavy atom. The first kappa shape index (κ1) is 37.5. The third-order valence-corrected chi connectivity index (χ3v) is 7.84. The summed E-state index contributed by atoms with van der Waals surface area (Å²) >= 11 is 0. The molecule has 3 N–H and O–H groups in total. The van der Waals surface area contributed by atoms with Crippen LogP contribution in [0.1, 0.15) is 96.8 Å². The van der Waals surface area contributed by atoms with Gasteiger partial charge >= 0.3 is 13.9 Å². The number of carbonyl (C=O) groups excluding carboxylic acids is 1. The van der Waals surface area contributed by atoms with Crippen LogP contribution in [-0.2, 0) is 18.3 Å². The van der Waals surface area contributed by atoms with Crippen LogP contribution in [0, 0.1) is 0 Å². The minimum atomic E-state index is -4.31. The molecule has 2 unspecified atom stereocenters. The first-order chi connectivity index (χ1) is 19.6. The number of ether oxygens (including phenoxy) is 1. The third-order valence-electron chi connectivity index (χ3n) is 6.77. The fraction of sp³-hybridized carbons (Fsp3) is 0.774. The number of carbonyl (C=O) groups is 1. The van der Waals surface area contributed by atoms with Crippen molar-refractivity contribution in [1.29, 1.82) is 0 Å². The van der Waals surface area contributed by atoms with Gasteiger partial charge in [0.2, 0.25) is 0 Å². The zero-order valence-corrected chi connectivity index (χ0v) is 27.2. The molecule has 0 aromatic heterocycles. The van der Waals surface area contributed by atoms with Crippen molar-refractivity contribution in [3.8, 4) is 0 Å². The Morgan fingerprint density at radius 2 is 1.39 bits per heavy atom. The topological polar surface area (TPSA) is 106 Å². The maximum Gasteiger partial charge on any atom is 0.472 e. The van der Waals surface area contributed by atoms with Crippen molar-refractivity contribution in [2.45, 2.75) is 103 Å². The second-order valence-corrected chi connectivity index (χ2v) is 13.3. The van der Waals surface area contributed by atoms with Gasteiger partial charge in [0.05, 0.1) is 27.7 Å². The largest absolute Gasteiger partial charge is 0.472 e. The molecule has 1 rings (SSSR count). The number of hydrogen-bond acceptors (Lipinski definition) is 5. The highest BCUT2D eigenvalue weighted by Gasteiger charge is 2.28. The predicted octanol–water partition coefficient (Wildman–Crippen LogP) is 7.51. The monoisotopic (exact) mass is 600 g/mol. The molecule has 0 bridgehead atoms. The van der Waals surface area contributed by atoms with Gasteiger partial charge in [-0.05, 0) is 18.6 Å². The van der Waals surface area contributed by atoms with E-state index in [9.17, 15) is 14.3 Å². The van der Waals surface area contributed by atoms with Gasteiger partial charge in [0.15, 0.2) is 0 Å². The number of nitrogens with zero attached hydrogens (tertiary/aromatic N) is 1. The van der Waals surface area contributed by atoms with Crippen LogP contribution in [0.4, 0.5) is 10.5 Å². The number of benzene rings is 1. The van der Waals surface area contributed by atoms with Crippen LogP contribution in [0.3, 0.4) is 0 Å². The maximum atomic E-state index is 12.5. The van der Waals surface area contributed by atoms with E-state index in [1.165, 1.54) is 77.0 Å². The molecule has 0 aliphatic carbocycles. The molecule has 9 nitrogen and oxygen atoms in total. The molecule has 238 valence electrons. The number of phosphoric ester groups is 1. The summed E-state index contributed by atoms with van der Waals surface area (Å²) in [5.41, 5.74) is 0.646. The highest BCUT2D eigenvalue weighted by molar-refractivity contribution is 7.47. The number of rotatable bonds is 26. The quantitative estimate of drug-likeness (QED) is 0.0577. The molecule has 0 spiro atoms. The average Bonchev–Trinajstić information content (AvgIpc) is 2.91. The van der Waals surface area contributed by atoms with E-state index in [1.54, 1.807) is 12.1 Å². The van der Waals surface area contributed by atoms with Gasteiger partial charge in [-0.1, -0.05) is 109 Å². The molecule has 0 radical (unpaired) electrons. The number of para-hydroxylation sites is 1. The van der Waals surface area contributed by atoms with E-state index < -0.39 is 20.0 Å². The lowest BCUT2D eigenvalue weighted by Gasteiger charge is -2.25. The van der Waals surface area contributed by atoms with Crippen LogP contribution in [0.5, 0.6) is 0 Å². The highest BCUT2D eigenvalue weighted by Crippen LogP contribution is 2.44. The van der Waals surface area contributed by atoms with Gasteiger partial charge in [-0.15, -0.1) is 0 Å². The van der Waals surface area contributed by atoms with E-state index in [2.05, 4.69) is 17.6 Å². The van der Waals surface area contributed by atoms with Crippen molar-refractivity contribution in [2.75, 3.05) is 59.4 Å². The number of hydrogen-bond donors (Lipinski definition) is 3. The normalized spacial score (nSPS) is 14.0. The smallest absolute Gasteiger partial charge is 0.379 e. The van der Waals surface area contributed by atoms with Gasteiger partial charge in [-0.3, -0.25) is 9.05 Å². The first-order valence-corrected chi connectivity index (χ1v) is 17.2. The molecule has 0 fully saturated rings. The standard InChI is InChI=1S/C31H58N3O6P/c1-5-6-7-8-9-10-11-12-13-14-15-16-17-21-25-38-28-30(40-41(36,37)39-26-24-34(2,3)4)27-32-31(35)33-29-22-19-18-20-23-29/h18-20,22-23,30H,5-17,21,24-28H2,1-4H3,(H2-,32,33,35,36,37)/p+1. The first-order valence-electron chi connectivity index (χ1n) is 15.7. The summed E-state index contributed by atoms with van der Waals surface area (Å²) < 4.78 is 29.5. The Balaban J connectivity index is 2.27. The number of unbranched alkanes of at least 4 members (excludes halogenated alkanes) is 13. The summed E-state index contributed by atoms with van der Waals surface area (Å²) in [4.78, 5) is 22.5. The molecule has 0 saturated carbocycles. The molecule has 1 aromatic rings. The van der Waals surface area contributed by atoms with Crippen LogP contribution in [-0.4, -0.2) is 75.6 Å². The number of quaternary nitrogens is 1. The van der Waals surface area contributed by atoms with Crippen LogP contribution in [0.2, 0.25) is 0 Å². The summed E-state index contributed by atoms with van der Waals surface area (Å²) in [6, 6.07) is 8.62. The van der Waals surface area contributed by atoms with E-state index in [4.69, 9.17) is 13.8 Å². The SMILES string of the molecule is CCCCCCCCCCCCCCCCOCC(CNC(=O)Nc1ccccc1)OP(=O)(O)OCC[N+](C)(C)C. The molecular weight excluding hydrogens is 541 g/mol. The molecule has 0 aliphatic rings. The van der Waals surface area contributed by atoms with Gasteiger partial charge in [0.25, 0.3) is 0 Å². The molecular formula is C31H59N3O6P+. The summed E-state index contributed by atoms with van der Waals surface area (Å²) in [7, 11) is 1.59. The second-order valence-electron chi connectivity index (χ2n) is 11.9. The second kappa shape index (κ2) is 23.0. The van der Waals surface area contributed by atoms with Crippen molar-refractivity contribution in [2.24, 2.45) is 0 Å². The molecule has 41 heavy (non-hydrogen) atoms. The molecule has 2 atom stereocenters. The zero-order valence-electron chi connectivity index (χ0n) is 26.3. The van der Waals surface area contributed by atoms with Crippen LogP contribution in [0.15, 0.2) is 30.3 Å². The summed E-state index contributed by atoms with van der Waals surface area (Å²) in [5, 5.41) is 5.42. The number of likely N-dealkylation sites (N-methyl/N-ethyl adjacent to an activating group) is 1. The molecule has 0 saturated heterocycles. The summed E-state index contributed by atoms with van der Waals surface area (Å²) in [6.07, 6.45) is 17.2. The fourth-order valence-corrected chi connectivity index (χ4v) is 5.18. The predicted molar refractivity (Wildman–Crippen MR) is 168 cm³/mol. The highest BCUT2D eigenvalue weighted by atomic mass is 31.2. The van der Waals surface area contributed by atoms with E-state index in [0.717, 1.165) is 12.8 Å². The molecule has 0 aliphatic heterocycles. The van der Waals surface area contributed by atoms with Crippen molar-refractivity contribution in [3.05, 3.63) is 30.3 Å². The van der Waals surface area contributed by atoms with E-state index in [1.807, 2.05) is 39.3 Å². The Morgan fingerprint density at radius 3 is 1.93 bits per heavy atom. The van der Waals surface area contributed by atoms with Gasteiger partial charge < -0.3 is 24.7 Å². The number of amides is 2. The van der Waals surface area contributed by atoms with E-state index in [0.29, 0.717) is 23.3 Å². The summed E-state index contributed by atoms with van der Waals surface area (Å²) in [6.45, 7) is 3.50. The van der Waals surface area contributed by atoms with Gasteiger partial charge in [-0.2, -0.15) is 0 Å². The van der Waals surface area contributed by atoms with Gasteiger partial charge in [0.1, 0.15) is 19.3 Å². The minimum Gasteiger partial charge on any atom is -0.379 e. The maximum absolute atomic E-state index is 12.5. The Bertz CT molecular complexity index is 822. The summed E-state index contributed by atoms with van der Waals surface area (Å²) in [5.74, 6) is 0. The minimum absolute atomic E-state index is 0.000645. The van der Waals surface area contributed by atoms with Gasteiger partial charge in [-0.25, -0.2) is 9.36 Å². The zero-order chi connectivity index (χ0) is 30.2. The molecule has 10 heteroatoms. The van der Waals surface area contributed by atoms with Gasteiger partial charge in [0, 0.05) is 18.8 Å². The van der Waals surface area contributed by atoms with E-state index >= 15 is 0 Å². The Hall–Kier alpha value is -1.48. The lowest BCUT2D eigenvalue weighted by atomic mass is 10.0. The van der Waals surface area contributed by atoms with Crippen molar-refractivity contribution in [1.82, 2.24) is 5.32 Å². The van der Waals surface area contributed by atoms with Crippen LogP contribution >= 0.6 is 7.82 Å². The van der Waals surface area contributed by atoms with Crippen molar-refractivity contribution < 1.29 is 32.5 Å². The van der Waals surface area contributed by atoms with Crippen LogP contribution < -0.4 is 10.6 Å². The number of phosphoric acid groups is 1. The lowest BCUT2D eigenvalue weighted by molar-refractivity contribution is -0.870. The average molecular weight is 601 g/mol. The Labute approximate surface area is 249 Å². The third kappa shape index (κ3) is 23.7. The molecule has 1 aromatic carbocycles. The number of urea groups is 1. The van der Waals surface area contributed by atoms with Crippen molar-refractivity contribution in [3.63, 3.8) is 0 Å². The molecule has 0 heterocycles. The number of nitrogens with one attached hydrogen (secondary N) is 2.